The van der Waals surface area contributed by atoms with Crippen molar-refractivity contribution in [2.45, 2.75) is 32.6 Å². The minimum absolute atomic E-state index is 0.192. The number of hydrogen-bond acceptors (Lipinski definition) is 3. The molecule has 0 aliphatic heterocycles. The number of methoxy groups -OCH3 is 1. The van der Waals surface area contributed by atoms with Crippen molar-refractivity contribution >= 4 is 27.5 Å². The number of ether oxygens (including phenoxy) is 1. The molecule has 1 aromatic rings. The smallest absolute Gasteiger partial charge is 0.271 e. The highest BCUT2D eigenvalue weighted by Crippen LogP contribution is 2.26. The number of hydrogen-bond donors (Lipinski definition) is 1. The third-order valence-electron chi connectivity index (χ3n) is 3.66. The van der Waals surface area contributed by atoms with Gasteiger partial charge in [0.15, 0.2) is 0 Å². The Hall–Kier alpha value is -1.36. The molecule has 1 amide bonds. The summed E-state index contributed by atoms with van der Waals surface area (Å²) in [6.45, 7) is 2.16. The molecule has 1 aliphatic carbocycles. The molecular weight excluding hydrogens is 320 g/mol. The van der Waals surface area contributed by atoms with Gasteiger partial charge in [0.25, 0.3) is 5.91 Å². The number of nitrogens with zero attached hydrogens (tertiary/aromatic N) is 1. The number of rotatable bonds is 4. The molecule has 0 radical (unpaired) electrons. The van der Waals surface area contributed by atoms with Crippen LogP contribution in [-0.2, 0) is 0 Å². The summed E-state index contributed by atoms with van der Waals surface area (Å²) in [5.74, 6) is 1.04. The Morgan fingerprint density at radius 1 is 1.55 bits per heavy atom. The van der Waals surface area contributed by atoms with Crippen LogP contribution in [0, 0.1) is 5.92 Å². The first-order valence-corrected chi connectivity index (χ1v) is 7.65. The Kier molecular flexibility index (Phi) is 5.17. The Morgan fingerprint density at radius 2 is 2.35 bits per heavy atom. The molecule has 108 valence electrons. The maximum absolute atomic E-state index is 12.1. The molecule has 1 saturated carbocycles. The zero-order valence-corrected chi connectivity index (χ0v) is 13.4. The second-order valence-electron chi connectivity index (χ2n) is 4.89. The number of carbonyl (C=O) groups excluding carboxylic acids is 1. The average Bonchev–Trinajstić information content (AvgIpc) is 2.92. The minimum Gasteiger partial charge on any atom is -0.496 e. The maximum atomic E-state index is 12.1. The van der Waals surface area contributed by atoms with Crippen LogP contribution in [0.15, 0.2) is 27.8 Å². The molecule has 5 heteroatoms. The van der Waals surface area contributed by atoms with Crippen molar-refractivity contribution in [1.29, 1.82) is 0 Å². The fourth-order valence-electron chi connectivity index (χ4n) is 2.48. The third-order valence-corrected chi connectivity index (χ3v) is 4.28. The predicted octanol–water partition coefficient (Wildman–Crippen LogP) is 3.75. The maximum Gasteiger partial charge on any atom is 0.271 e. The minimum atomic E-state index is -0.192. The Bertz CT molecular complexity index is 529. The number of halogens is 1. The lowest BCUT2D eigenvalue weighted by atomic mass is 10.0. The molecule has 0 heterocycles. The highest BCUT2D eigenvalue weighted by Gasteiger charge is 2.21. The van der Waals surface area contributed by atoms with Crippen molar-refractivity contribution in [3.8, 4) is 5.75 Å². The summed E-state index contributed by atoms with van der Waals surface area (Å²) in [5.41, 5.74) is 4.34. The van der Waals surface area contributed by atoms with Gasteiger partial charge >= 0.3 is 0 Å². The van der Waals surface area contributed by atoms with Crippen LogP contribution in [0.4, 0.5) is 0 Å². The van der Waals surface area contributed by atoms with Crippen LogP contribution in [0.3, 0.4) is 0 Å². The van der Waals surface area contributed by atoms with Crippen molar-refractivity contribution in [3.63, 3.8) is 0 Å². The number of carbonyl (C=O) groups is 1. The summed E-state index contributed by atoms with van der Waals surface area (Å²) in [4.78, 5) is 12.1. The lowest BCUT2D eigenvalue weighted by molar-refractivity contribution is 0.0954. The van der Waals surface area contributed by atoms with Gasteiger partial charge in [0.1, 0.15) is 5.75 Å². The summed E-state index contributed by atoms with van der Waals surface area (Å²) < 4.78 is 5.90. The largest absolute Gasteiger partial charge is 0.496 e. The molecule has 20 heavy (non-hydrogen) atoms. The van der Waals surface area contributed by atoms with E-state index >= 15 is 0 Å². The van der Waals surface area contributed by atoms with Crippen LogP contribution in [0.2, 0.25) is 0 Å². The molecule has 1 N–H and O–H groups in total. The van der Waals surface area contributed by atoms with E-state index in [0.717, 1.165) is 23.0 Å². The van der Waals surface area contributed by atoms with E-state index in [4.69, 9.17) is 4.74 Å². The quantitative estimate of drug-likeness (QED) is 0.850. The molecule has 2 rings (SSSR count). The molecule has 1 atom stereocenters. The number of nitrogens with one attached hydrogen (secondary N) is 1. The summed E-state index contributed by atoms with van der Waals surface area (Å²) in [5, 5.41) is 4.29. The zero-order valence-electron chi connectivity index (χ0n) is 11.8. The van der Waals surface area contributed by atoms with E-state index in [2.05, 4.69) is 33.4 Å². The summed E-state index contributed by atoms with van der Waals surface area (Å²) in [6.07, 6.45) is 4.43. The summed E-state index contributed by atoms with van der Waals surface area (Å²) in [6, 6.07) is 5.22. The van der Waals surface area contributed by atoms with Gasteiger partial charge in [-0.2, -0.15) is 5.10 Å². The first-order valence-electron chi connectivity index (χ1n) is 6.86. The van der Waals surface area contributed by atoms with E-state index in [1.807, 2.05) is 0 Å². The fourth-order valence-corrected chi connectivity index (χ4v) is 3.02. The van der Waals surface area contributed by atoms with E-state index in [-0.39, 0.29) is 5.91 Å². The number of benzene rings is 1. The fraction of sp³-hybridized carbons (Fsp3) is 0.467. The van der Waals surface area contributed by atoms with Crippen molar-refractivity contribution in [2.24, 2.45) is 11.0 Å². The molecule has 4 nitrogen and oxygen atoms in total. The molecule has 0 bridgehead atoms. The summed E-state index contributed by atoms with van der Waals surface area (Å²) in [7, 11) is 1.59. The van der Waals surface area contributed by atoms with Gasteiger partial charge in [0.05, 0.1) is 11.6 Å². The van der Waals surface area contributed by atoms with E-state index in [1.54, 1.807) is 25.3 Å². The molecule has 0 spiro atoms. The van der Waals surface area contributed by atoms with Crippen LogP contribution in [0.25, 0.3) is 0 Å². The topological polar surface area (TPSA) is 50.7 Å². The number of hydrazone groups is 1. The van der Waals surface area contributed by atoms with Gasteiger partial charge in [-0.05, 0) is 65.7 Å². The monoisotopic (exact) mass is 338 g/mol. The standard InChI is InChI=1S/C15H19BrN2O2/c1-3-10-5-4-6-13(10)17-18-15(19)11-7-8-14(20-2)12(16)9-11/h7-10H,3-6H2,1-2H3,(H,18,19). The SMILES string of the molecule is CCC1CCCC1=NNC(=O)c1ccc(OC)c(Br)c1. The Morgan fingerprint density at radius 3 is 3.00 bits per heavy atom. The van der Waals surface area contributed by atoms with Crippen LogP contribution >= 0.6 is 15.9 Å². The lowest BCUT2D eigenvalue weighted by Gasteiger charge is -2.08. The highest BCUT2D eigenvalue weighted by molar-refractivity contribution is 9.10. The molecule has 1 aliphatic rings. The Labute approximate surface area is 127 Å². The van der Waals surface area contributed by atoms with Crippen molar-refractivity contribution in [2.75, 3.05) is 7.11 Å². The van der Waals surface area contributed by atoms with Crippen molar-refractivity contribution in [3.05, 3.63) is 28.2 Å². The first kappa shape index (κ1) is 15.0. The molecular formula is C15H19BrN2O2. The highest BCUT2D eigenvalue weighted by atomic mass is 79.9. The van der Waals surface area contributed by atoms with E-state index in [0.29, 0.717) is 17.2 Å². The van der Waals surface area contributed by atoms with E-state index in [1.165, 1.54) is 12.8 Å². The molecule has 1 aromatic carbocycles. The number of amides is 1. The zero-order chi connectivity index (χ0) is 14.5. The lowest BCUT2D eigenvalue weighted by Crippen LogP contribution is -2.21. The summed E-state index contributed by atoms with van der Waals surface area (Å²) >= 11 is 3.37. The molecule has 1 unspecified atom stereocenters. The molecule has 0 saturated heterocycles. The second kappa shape index (κ2) is 6.88. The Balaban J connectivity index is 2.05. The van der Waals surface area contributed by atoms with Gasteiger partial charge in [-0.15, -0.1) is 0 Å². The first-order chi connectivity index (χ1) is 9.65. The van der Waals surface area contributed by atoms with Crippen LogP contribution in [0.1, 0.15) is 43.0 Å². The van der Waals surface area contributed by atoms with E-state index in [9.17, 15) is 4.79 Å². The van der Waals surface area contributed by atoms with Crippen molar-refractivity contribution < 1.29 is 9.53 Å². The van der Waals surface area contributed by atoms with Gasteiger partial charge in [-0.1, -0.05) is 6.92 Å². The third kappa shape index (κ3) is 3.39. The van der Waals surface area contributed by atoms with Gasteiger partial charge < -0.3 is 4.74 Å². The average molecular weight is 339 g/mol. The van der Waals surface area contributed by atoms with Gasteiger partial charge in [-0.3, -0.25) is 4.79 Å². The normalized spacial score (nSPS) is 20.1. The second-order valence-corrected chi connectivity index (χ2v) is 5.75. The van der Waals surface area contributed by atoms with Gasteiger partial charge in [0, 0.05) is 11.3 Å². The van der Waals surface area contributed by atoms with Crippen LogP contribution < -0.4 is 10.2 Å². The van der Waals surface area contributed by atoms with Gasteiger partial charge in [-0.25, -0.2) is 5.43 Å². The predicted molar refractivity (Wildman–Crippen MR) is 83.2 cm³/mol. The van der Waals surface area contributed by atoms with Crippen LogP contribution in [0.5, 0.6) is 5.75 Å². The van der Waals surface area contributed by atoms with Crippen molar-refractivity contribution in [1.82, 2.24) is 5.43 Å². The van der Waals surface area contributed by atoms with Crippen LogP contribution in [-0.4, -0.2) is 18.7 Å². The molecule has 1 fully saturated rings. The van der Waals surface area contributed by atoms with Gasteiger partial charge in [0.2, 0.25) is 0 Å². The van der Waals surface area contributed by atoms with E-state index < -0.39 is 0 Å². The molecule has 0 aromatic heterocycles.